The van der Waals surface area contributed by atoms with Crippen LogP contribution in [0.1, 0.15) is 32.6 Å². The first kappa shape index (κ1) is 29.7. The van der Waals surface area contributed by atoms with Gasteiger partial charge in [-0.2, -0.15) is 0 Å². The summed E-state index contributed by atoms with van der Waals surface area (Å²) >= 11 is 0. The van der Waals surface area contributed by atoms with Crippen molar-refractivity contribution in [2.45, 2.75) is 57.6 Å². The summed E-state index contributed by atoms with van der Waals surface area (Å²) in [5.74, 6) is 0.463. The molecular formula is C19H38B2N3O7. The van der Waals surface area contributed by atoms with Crippen molar-refractivity contribution in [3.8, 4) is 0 Å². The zero-order valence-corrected chi connectivity index (χ0v) is 19.7. The van der Waals surface area contributed by atoms with E-state index in [2.05, 4.69) is 26.3 Å². The Morgan fingerprint density at radius 2 is 1.48 bits per heavy atom. The molecule has 0 unspecified atom stereocenters. The number of nitrogens with zero attached hydrogens (tertiary/aromatic N) is 2. The van der Waals surface area contributed by atoms with Crippen LogP contribution >= 0.6 is 0 Å². The summed E-state index contributed by atoms with van der Waals surface area (Å²) in [4.78, 5) is 34.9. The molecule has 2 aliphatic heterocycles. The molecule has 0 bridgehead atoms. The van der Waals surface area contributed by atoms with Crippen molar-refractivity contribution < 1.29 is 33.5 Å². The van der Waals surface area contributed by atoms with Crippen molar-refractivity contribution >= 4 is 26.6 Å². The monoisotopic (exact) mass is 442 g/mol. The van der Waals surface area contributed by atoms with Crippen LogP contribution < -0.4 is 5.73 Å². The van der Waals surface area contributed by atoms with Gasteiger partial charge in [0.2, 0.25) is 0 Å². The Labute approximate surface area is 187 Å². The maximum atomic E-state index is 11.2. The third-order valence-corrected chi connectivity index (χ3v) is 5.18. The number of nitrogens with two attached hydrogens (primary N) is 1. The summed E-state index contributed by atoms with van der Waals surface area (Å²) in [6, 6.07) is 0.108. The van der Waals surface area contributed by atoms with E-state index in [0.29, 0.717) is 13.1 Å². The average Bonchev–Trinajstić information content (AvgIpc) is 2.74. The van der Waals surface area contributed by atoms with Gasteiger partial charge < -0.3 is 15.2 Å². The van der Waals surface area contributed by atoms with Crippen molar-refractivity contribution in [2.75, 3.05) is 47.9 Å². The number of hydrogen-bond acceptors (Lipinski definition) is 10. The molecule has 0 aromatic rings. The molecule has 2 saturated heterocycles. The topological polar surface area (TPSA) is 121 Å². The van der Waals surface area contributed by atoms with Crippen LogP contribution in [0.2, 0.25) is 6.82 Å². The van der Waals surface area contributed by atoms with Crippen molar-refractivity contribution in [3.63, 3.8) is 0 Å². The average molecular weight is 442 g/mol. The van der Waals surface area contributed by atoms with E-state index >= 15 is 0 Å². The van der Waals surface area contributed by atoms with Gasteiger partial charge in [0, 0.05) is 19.1 Å². The van der Waals surface area contributed by atoms with Crippen LogP contribution in [0.4, 0.5) is 0 Å². The number of methoxy groups -OCH3 is 2. The van der Waals surface area contributed by atoms with Crippen LogP contribution in [-0.4, -0.2) is 102 Å². The minimum atomic E-state index is -0.149. The molecule has 2 N–H and O–H groups in total. The van der Waals surface area contributed by atoms with E-state index in [1.165, 1.54) is 21.7 Å². The molecule has 4 atom stereocenters. The van der Waals surface area contributed by atoms with Gasteiger partial charge in [0.25, 0.3) is 0 Å². The van der Waals surface area contributed by atoms with Gasteiger partial charge in [-0.25, -0.2) is 0 Å². The third kappa shape index (κ3) is 12.3. The number of likely N-dealkylation sites (tertiary alicyclic amines) is 2. The SMILES string of the molecule is COC(=O)[C@@H]1CC[C@@H](C)CN1C.COC(=O)[C@@H]1CC[C@@H](N)CN1C.C[B]OOCB=O. The molecule has 2 aliphatic rings. The second-order valence-electron chi connectivity index (χ2n) is 7.76. The first-order valence-corrected chi connectivity index (χ1v) is 10.5. The molecule has 0 aliphatic carbocycles. The fourth-order valence-electron chi connectivity index (χ4n) is 3.56. The number of carbonyl (C=O) groups is 2. The second-order valence-corrected chi connectivity index (χ2v) is 7.76. The number of carbonyl (C=O) groups excluding carboxylic acids is 2. The Morgan fingerprint density at radius 3 is 1.90 bits per heavy atom. The summed E-state index contributed by atoms with van der Waals surface area (Å²) in [5.41, 5.74) is 5.74. The predicted molar refractivity (Wildman–Crippen MR) is 118 cm³/mol. The van der Waals surface area contributed by atoms with Crippen molar-refractivity contribution in [3.05, 3.63) is 0 Å². The molecule has 10 nitrogen and oxygen atoms in total. The van der Waals surface area contributed by atoms with Gasteiger partial charge in [-0.15, -0.1) is 0 Å². The van der Waals surface area contributed by atoms with Crippen LogP contribution in [0.3, 0.4) is 0 Å². The van der Waals surface area contributed by atoms with E-state index in [1.807, 2.05) is 19.0 Å². The zero-order chi connectivity index (χ0) is 23.8. The van der Waals surface area contributed by atoms with Gasteiger partial charge in [0.1, 0.15) is 12.1 Å². The second kappa shape index (κ2) is 17.3. The van der Waals surface area contributed by atoms with Gasteiger partial charge in [-0.1, -0.05) is 6.92 Å². The van der Waals surface area contributed by atoms with Crippen LogP contribution in [0.25, 0.3) is 0 Å². The summed E-state index contributed by atoms with van der Waals surface area (Å²) in [7, 11) is 8.73. The number of esters is 2. The normalized spacial score (nSPS) is 26.2. The van der Waals surface area contributed by atoms with E-state index in [-0.39, 0.29) is 36.6 Å². The Hall–Kier alpha value is -1.33. The van der Waals surface area contributed by atoms with Gasteiger partial charge in [-0.05, 0) is 45.7 Å². The number of piperidine rings is 2. The van der Waals surface area contributed by atoms with E-state index in [9.17, 15) is 14.3 Å². The van der Waals surface area contributed by atoms with Crippen LogP contribution in [0.15, 0.2) is 0 Å². The quantitative estimate of drug-likeness (QED) is 0.199. The van der Waals surface area contributed by atoms with Crippen molar-refractivity contribution in [1.29, 1.82) is 0 Å². The van der Waals surface area contributed by atoms with Crippen molar-refractivity contribution in [1.82, 2.24) is 9.80 Å². The molecule has 0 aromatic carbocycles. The van der Waals surface area contributed by atoms with Crippen LogP contribution in [-0.2, 0) is 33.5 Å². The number of rotatable bonds is 6. The minimum absolute atomic E-state index is 0.00815. The first-order chi connectivity index (χ1) is 14.7. The Kier molecular flexibility index (Phi) is 16.5. The summed E-state index contributed by atoms with van der Waals surface area (Å²) in [6.07, 6.45) is 3.78. The first-order valence-electron chi connectivity index (χ1n) is 10.5. The maximum absolute atomic E-state index is 11.2. The Morgan fingerprint density at radius 1 is 0.968 bits per heavy atom. The molecule has 2 fully saturated rings. The van der Waals surface area contributed by atoms with E-state index < -0.39 is 0 Å². The van der Waals surface area contributed by atoms with E-state index in [0.717, 1.165) is 38.8 Å². The summed E-state index contributed by atoms with van der Waals surface area (Å²) in [6.45, 7) is 5.64. The molecule has 0 amide bonds. The molecule has 31 heavy (non-hydrogen) atoms. The molecule has 1 radical (unpaired) electrons. The van der Waals surface area contributed by atoms with Crippen LogP contribution in [0, 0.1) is 5.92 Å². The summed E-state index contributed by atoms with van der Waals surface area (Å²) in [5, 5.41) is 0. The number of likely N-dealkylation sites (N-methyl/N-ethyl adjacent to an activating group) is 2. The Bertz CT molecular complexity index is 493. The third-order valence-electron chi connectivity index (χ3n) is 5.18. The number of ether oxygens (including phenoxy) is 2. The number of hydrogen-bond donors (Lipinski definition) is 1. The van der Waals surface area contributed by atoms with Gasteiger partial charge in [-0.3, -0.25) is 19.4 Å². The fourth-order valence-corrected chi connectivity index (χ4v) is 3.56. The van der Waals surface area contributed by atoms with Gasteiger partial charge >= 0.3 is 54.3 Å². The zero-order valence-electron chi connectivity index (χ0n) is 19.7. The molecule has 0 spiro atoms. The summed E-state index contributed by atoms with van der Waals surface area (Å²) < 4.78 is 18.8. The standard InChI is InChI=1S/C9H17NO2.C8H16N2O2.C2H5B2O3/c1-7-4-5-8(9(11)12-3)10(2)6-7;1-10-5-6(9)3-4-7(10)8(11)12-2;1-3-7-6-2-4-5/h7-8H,4-6H2,1-3H3;6-7H,3-5,9H2,1-2H3;2H2,1H3/t7-,8+;6-,7+;/m11./s1. The molecule has 12 heteroatoms. The molecule has 2 heterocycles. The predicted octanol–water partition coefficient (Wildman–Crippen LogP) is 0.0797. The molecule has 0 saturated carbocycles. The molecular weight excluding hydrogens is 404 g/mol. The fraction of sp³-hybridized carbons (Fsp3) is 0.895. The molecule has 2 rings (SSSR count). The van der Waals surface area contributed by atoms with Gasteiger partial charge in [0.05, 0.1) is 14.2 Å². The van der Waals surface area contributed by atoms with E-state index in [4.69, 9.17) is 10.5 Å². The molecule has 0 aromatic heterocycles. The van der Waals surface area contributed by atoms with Gasteiger partial charge in [0.15, 0.2) is 0 Å². The Balaban J connectivity index is 0.000000454. The van der Waals surface area contributed by atoms with Crippen LogP contribution in [0.5, 0.6) is 0 Å². The molecule has 177 valence electrons. The van der Waals surface area contributed by atoms with Crippen molar-refractivity contribution in [2.24, 2.45) is 11.7 Å². The van der Waals surface area contributed by atoms with E-state index in [1.54, 1.807) is 6.82 Å².